The number of sulfonamides is 1. The molecular formula is C10H15N5O2S2. The third kappa shape index (κ3) is 2.92. The number of hydrogen-bond donors (Lipinski definition) is 1. The Morgan fingerprint density at radius 1 is 1.32 bits per heavy atom. The van der Waals surface area contributed by atoms with Crippen LogP contribution in [-0.4, -0.2) is 28.4 Å². The fraction of sp³-hybridized carbons (Fsp3) is 0.500. The van der Waals surface area contributed by atoms with Crippen molar-refractivity contribution in [2.45, 2.75) is 38.6 Å². The number of anilines is 1. The Balaban J connectivity index is 2.34. The van der Waals surface area contributed by atoms with Crippen LogP contribution in [-0.2, 0) is 10.0 Å². The molecular weight excluding hydrogens is 286 g/mol. The number of hydrogen-bond acceptors (Lipinski definition) is 6. The van der Waals surface area contributed by atoms with Gasteiger partial charge in [0.25, 0.3) is 10.0 Å². The first-order valence-electron chi connectivity index (χ1n) is 5.68. The van der Waals surface area contributed by atoms with Gasteiger partial charge in [0.1, 0.15) is 9.90 Å². The van der Waals surface area contributed by atoms with Crippen LogP contribution in [0, 0.1) is 13.8 Å². The summed E-state index contributed by atoms with van der Waals surface area (Å²) in [5.74, 6) is 0. The standard InChI is InChI=1S/C10H15N5O2S2/c1-6(2)15-5-9(7(3)13-15)19(16,17)14-10-12-11-8(4)18-10/h5-6H,1-4H3,(H,12,14). The molecule has 0 aliphatic rings. The molecule has 0 fully saturated rings. The van der Waals surface area contributed by atoms with Crippen LogP contribution in [0.3, 0.4) is 0 Å². The van der Waals surface area contributed by atoms with Crippen molar-refractivity contribution < 1.29 is 8.42 Å². The lowest BCUT2D eigenvalue weighted by molar-refractivity contribution is 0.528. The van der Waals surface area contributed by atoms with E-state index in [2.05, 4.69) is 20.0 Å². The smallest absolute Gasteiger partial charge is 0.267 e. The van der Waals surface area contributed by atoms with Crippen LogP contribution in [0.25, 0.3) is 0 Å². The van der Waals surface area contributed by atoms with Crippen LogP contribution in [0.2, 0.25) is 0 Å². The Morgan fingerprint density at radius 3 is 2.47 bits per heavy atom. The van der Waals surface area contributed by atoms with Crippen molar-refractivity contribution >= 4 is 26.5 Å². The molecule has 0 aliphatic carbocycles. The molecule has 7 nitrogen and oxygen atoms in total. The van der Waals surface area contributed by atoms with Crippen LogP contribution in [0.1, 0.15) is 30.6 Å². The van der Waals surface area contributed by atoms with E-state index in [9.17, 15) is 8.42 Å². The van der Waals surface area contributed by atoms with E-state index in [1.165, 1.54) is 17.5 Å². The van der Waals surface area contributed by atoms with Gasteiger partial charge in [-0.15, -0.1) is 10.2 Å². The summed E-state index contributed by atoms with van der Waals surface area (Å²) >= 11 is 1.19. The lowest BCUT2D eigenvalue weighted by atomic mass is 10.4. The van der Waals surface area contributed by atoms with Crippen molar-refractivity contribution in [1.82, 2.24) is 20.0 Å². The van der Waals surface area contributed by atoms with Gasteiger partial charge >= 0.3 is 0 Å². The molecule has 0 aliphatic heterocycles. The molecule has 19 heavy (non-hydrogen) atoms. The quantitative estimate of drug-likeness (QED) is 0.929. The van der Waals surface area contributed by atoms with Crippen molar-refractivity contribution in [2.24, 2.45) is 0 Å². The van der Waals surface area contributed by atoms with E-state index in [1.807, 2.05) is 13.8 Å². The van der Waals surface area contributed by atoms with Crippen molar-refractivity contribution in [2.75, 3.05) is 4.72 Å². The van der Waals surface area contributed by atoms with Gasteiger partial charge in [0.2, 0.25) is 5.13 Å². The second-order valence-corrected chi connectivity index (χ2v) is 7.22. The van der Waals surface area contributed by atoms with E-state index >= 15 is 0 Å². The van der Waals surface area contributed by atoms with Gasteiger partial charge in [0.15, 0.2) is 0 Å². The third-order valence-electron chi connectivity index (χ3n) is 2.44. The molecule has 0 aromatic carbocycles. The predicted octanol–water partition coefficient (Wildman–Crippen LogP) is 1.73. The number of aryl methyl sites for hydroxylation is 2. The Hall–Kier alpha value is -1.48. The van der Waals surface area contributed by atoms with Gasteiger partial charge < -0.3 is 0 Å². The van der Waals surface area contributed by atoms with Crippen LogP contribution >= 0.6 is 11.3 Å². The van der Waals surface area contributed by atoms with Gasteiger partial charge in [-0.1, -0.05) is 11.3 Å². The minimum Gasteiger partial charge on any atom is -0.269 e. The van der Waals surface area contributed by atoms with Gasteiger partial charge in [0, 0.05) is 12.2 Å². The third-order valence-corrected chi connectivity index (χ3v) is 4.76. The predicted molar refractivity (Wildman–Crippen MR) is 72.8 cm³/mol. The highest BCUT2D eigenvalue weighted by Gasteiger charge is 2.22. The van der Waals surface area contributed by atoms with E-state index < -0.39 is 10.0 Å². The van der Waals surface area contributed by atoms with Crippen molar-refractivity contribution in [3.05, 3.63) is 16.9 Å². The van der Waals surface area contributed by atoms with E-state index in [-0.39, 0.29) is 16.1 Å². The molecule has 0 saturated carbocycles. The summed E-state index contributed by atoms with van der Waals surface area (Å²) in [4.78, 5) is 0.161. The van der Waals surface area contributed by atoms with Gasteiger partial charge in [-0.25, -0.2) is 8.42 Å². The fourth-order valence-corrected chi connectivity index (χ4v) is 3.50. The highest BCUT2D eigenvalue weighted by molar-refractivity contribution is 7.93. The van der Waals surface area contributed by atoms with Gasteiger partial charge in [-0.3, -0.25) is 9.40 Å². The van der Waals surface area contributed by atoms with Crippen molar-refractivity contribution in [3.63, 3.8) is 0 Å². The van der Waals surface area contributed by atoms with Crippen LogP contribution in [0.4, 0.5) is 5.13 Å². The average Bonchev–Trinajstić information content (AvgIpc) is 2.85. The monoisotopic (exact) mass is 301 g/mol. The first-order chi connectivity index (χ1) is 8.79. The zero-order valence-electron chi connectivity index (χ0n) is 11.1. The second kappa shape index (κ2) is 4.89. The van der Waals surface area contributed by atoms with E-state index in [4.69, 9.17) is 0 Å². The molecule has 0 saturated heterocycles. The maximum absolute atomic E-state index is 12.2. The molecule has 2 aromatic rings. The number of nitrogens with zero attached hydrogens (tertiary/aromatic N) is 4. The first kappa shape index (κ1) is 13.9. The molecule has 2 aromatic heterocycles. The highest BCUT2D eigenvalue weighted by atomic mass is 32.2. The van der Waals surface area contributed by atoms with E-state index in [0.717, 1.165) is 0 Å². The van der Waals surface area contributed by atoms with Crippen molar-refractivity contribution in [3.8, 4) is 0 Å². The summed E-state index contributed by atoms with van der Waals surface area (Å²) in [7, 11) is -3.67. The Kier molecular flexibility index (Phi) is 3.59. The Morgan fingerprint density at radius 2 is 2.00 bits per heavy atom. The minimum atomic E-state index is -3.67. The second-order valence-electron chi connectivity index (χ2n) is 4.38. The molecule has 9 heteroatoms. The zero-order valence-corrected chi connectivity index (χ0v) is 12.7. The summed E-state index contributed by atoms with van der Waals surface area (Å²) < 4.78 is 28.5. The van der Waals surface area contributed by atoms with Gasteiger partial charge in [0.05, 0.1) is 5.69 Å². The molecule has 0 unspecified atom stereocenters. The lowest BCUT2D eigenvalue weighted by Gasteiger charge is -2.03. The van der Waals surface area contributed by atoms with E-state index in [1.54, 1.807) is 18.5 Å². The maximum atomic E-state index is 12.2. The first-order valence-corrected chi connectivity index (χ1v) is 7.98. The normalized spacial score (nSPS) is 12.1. The zero-order chi connectivity index (χ0) is 14.2. The topological polar surface area (TPSA) is 89.8 Å². The Labute approximate surface area is 115 Å². The summed E-state index contributed by atoms with van der Waals surface area (Å²) in [5.41, 5.74) is 0.461. The van der Waals surface area contributed by atoms with Gasteiger partial charge in [-0.2, -0.15) is 5.10 Å². The minimum absolute atomic E-state index is 0.103. The van der Waals surface area contributed by atoms with Crippen molar-refractivity contribution in [1.29, 1.82) is 0 Å². The van der Waals surface area contributed by atoms with Crippen LogP contribution in [0.5, 0.6) is 0 Å². The SMILES string of the molecule is Cc1nnc(NS(=O)(=O)c2cn(C(C)C)nc2C)s1. The molecule has 0 amide bonds. The number of aromatic nitrogens is 4. The molecule has 104 valence electrons. The summed E-state index contributed by atoms with van der Waals surface area (Å²) in [6.45, 7) is 7.30. The summed E-state index contributed by atoms with van der Waals surface area (Å²) in [5, 5.41) is 12.7. The van der Waals surface area contributed by atoms with Crippen LogP contribution < -0.4 is 4.72 Å². The highest BCUT2D eigenvalue weighted by Crippen LogP contribution is 2.21. The number of nitrogens with one attached hydrogen (secondary N) is 1. The maximum Gasteiger partial charge on any atom is 0.267 e. The average molecular weight is 301 g/mol. The lowest BCUT2D eigenvalue weighted by Crippen LogP contribution is -2.13. The fourth-order valence-electron chi connectivity index (χ4n) is 1.50. The molecule has 2 rings (SSSR count). The summed E-state index contributed by atoms with van der Waals surface area (Å²) in [6.07, 6.45) is 1.52. The number of rotatable bonds is 4. The summed E-state index contributed by atoms with van der Waals surface area (Å²) in [6, 6.07) is 0.103. The molecule has 1 N–H and O–H groups in total. The molecule has 0 radical (unpaired) electrons. The Bertz CT molecular complexity index is 687. The van der Waals surface area contributed by atoms with E-state index in [0.29, 0.717) is 10.7 Å². The molecule has 0 bridgehead atoms. The largest absolute Gasteiger partial charge is 0.269 e. The molecule has 0 atom stereocenters. The molecule has 2 heterocycles. The molecule has 0 spiro atoms. The van der Waals surface area contributed by atoms with Gasteiger partial charge in [-0.05, 0) is 27.7 Å². The van der Waals surface area contributed by atoms with Crippen LogP contribution in [0.15, 0.2) is 11.1 Å².